The number of nitrogens with zero attached hydrogens (tertiary/aromatic N) is 1. The SMILES string of the molecule is COc1ccc(OCCOC(=O)c2ccc(OC)c(S(=O)(=O)N3CCCCCC3)c2)cc1. The van der Waals surface area contributed by atoms with E-state index in [1.807, 2.05) is 0 Å². The Labute approximate surface area is 189 Å². The van der Waals surface area contributed by atoms with Gasteiger partial charge in [0.15, 0.2) is 0 Å². The number of esters is 1. The Morgan fingerprint density at radius 2 is 1.53 bits per heavy atom. The van der Waals surface area contributed by atoms with Gasteiger partial charge >= 0.3 is 5.97 Å². The molecule has 0 aromatic heterocycles. The van der Waals surface area contributed by atoms with Crippen LogP contribution in [0.1, 0.15) is 36.0 Å². The molecule has 1 aliphatic heterocycles. The normalized spacial score (nSPS) is 14.9. The van der Waals surface area contributed by atoms with E-state index in [0.29, 0.717) is 24.6 Å². The number of rotatable bonds is 9. The second kappa shape index (κ2) is 11.2. The van der Waals surface area contributed by atoms with Crippen molar-refractivity contribution in [2.24, 2.45) is 0 Å². The highest BCUT2D eigenvalue weighted by atomic mass is 32.2. The topological polar surface area (TPSA) is 91.4 Å². The summed E-state index contributed by atoms with van der Waals surface area (Å²) in [6.07, 6.45) is 3.65. The molecule has 174 valence electrons. The Bertz CT molecular complexity index is 998. The van der Waals surface area contributed by atoms with Crippen LogP contribution in [0.25, 0.3) is 0 Å². The summed E-state index contributed by atoms with van der Waals surface area (Å²) in [4.78, 5) is 12.5. The molecule has 1 heterocycles. The molecule has 0 unspecified atom stereocenters. The van der Waals surface area contributed by atoms with Crippen molar-refractivity contribution in [2.75, 3.05) is 40.5 Å². The molecule has 2 aromatic rings. The zero-order chi connectivity index (χ0) is 23.0. The van der Waals surface area contributed by atoms with Crippen molar-refractivity contribution >= 4 is 16.0 Å². The van der Waals surface area contributed by atoms with E-state index in [4.69, 9.17) is 18.9 Å². The minimum absolute atomic E-state index is 0.0189. The van der Waals surface area contributed by atoms with Crippen molar-refractivity contribution in [3.63, 3.8) is 0 Å². The molecule has 0 aliphatic carbocycles. The van der Waals surface area contributed by atoms with Gasteiger partial charge in [-0.05, 0) is 55.3 Å². The summed E-state index contributed by atoms with van der Waals surface area (Å²) in [5, 5.41) is 0. The van der Waals surface area contributed by atoms with Crippen LogP contribution < -0.4 is 14.2 Å². The molecule has 8 nitrogen and oxygen atoms in total. The summed E-state index contributed by atoms with van der Waals surface area (Å²) in [5.74, 6) is 0.915. The number of carbonyl (C=O) groups is 1. The van der Waals surface area contributed by atoms with Crippen molar-refractivity contribution in [1.82, 2.24) is 4.31 Å². The second-order valence-electron chi connectivity index (χ2n) is 7.34. The van der Waals surface area contributed by atoms with E-state index in [1.54, 1.807) is 31.4 Å². The Morgan fingerprint density at radius 3 is 2.16 bits per heavy atom. The van der Waals surface area contributed by atoms with Gasteiger partial charge in [-0.25, -0.2) is 13.2 Å². The number of carbonyl (C=O) groups excluding carboxylic acids is 1. The minimum atomic E-state index is -3.79. The molecule has 0 atom stereocenters. The lowest BCUT2D eigenvalue weighted by atomic mass is 10.2. The predicted molar refractivity (Wildman–Crippen MR) is 119 cm³/mol. The number of ether oxygens (including phenoxy) is 4. The lowest BCUT2D eigenvalue weighted by Crippen LogP contribution is -2.32. The van der Waals surface area contributed by atoms with Gasteiger partial charge in [-0.1, -0.05) is 12.8 Å². The maximum Gasteiger partial charge on any atom is 0.338 e. The van der Waals surface area contributed by atoms with E-state index in [0.717, 1.165) is 25.7 Å². The van der Waals surface area contributed by atoms with Crippen molar-refractivity contribution in [2.45, 2.75) is 30.6 Å². The fourth-order valence-corrected chi connectivity index (χ4v) is 5.17. The van der Waals surface area contributed by atoms with Crippen molar-refractivity contribution in [1.29, 1.82) is 0 Å². The van der Waals surface area contributed by atoms with E-state index >= 15 is 0 Å². The van der Waals surface area contributed by atoms with Gasteiger partial charge in [0, 0.05) is 13.1 Å². The van der Waals surface area contributed by atoms with Gasteiger partial charge in [0.05, 0.1) is 19.8 Å². The third-order valence-electron chi connectivity index (χ3n) is 5.23. The first kappa shape index (κ1) is 23.9. The van der Waals surface area contributed by atoms with Crippen molar-refractivity contribution in [3.05, 3.63) is 48.0 Å². The predicted octanol–water partition coefficient (Wildman–Crippen LogP) is 3.50. The molecule has 3 rings (SSSR count). The molecule has 0 bridgehead atoms. The second-order valence-corrected chi connectivity index (χ2v) is 9.25. The molecule has 0 radical (unpaired) electrons. The minimum Gasteiger partial charge on any atom is -0.497 e. The molecule has 0 N–H and O–H groups in total. The van der Waals surface area contributed by atoms with E-state index in [1.165, 1.54) is 29.6 Å². The number of hydrogen-bond acceptors (Lipinski definition) is 7. The van der Waals surface area contributed by atoms with Gasteiger partial charge < -0.3 is 18.9 Å². The standard InChI is InChI=1S/C23H29NO7S/c1-28-19-8-10-20(11-9-19)30-15-16-31-23(25)18-7-12-21(29-2)22(17-18)32(26,27)24-13-5-3-4-6-14-24/h7-12,17H,3-6,13-16H2,1-2H3. The van der Waals surface area contributed by atoms with E-state index in [9.17, 15) is 13.2 Å². The van der Waals surface area contributed by atoms with Gasteiger partial charge in [0.1, 0.15) is 35.4 Å². The average molecular weight is 464 g/mol. The van der Waals surface area contributed by atoms with Crippen molar-refractivity contribution in [3.8, 4) is 17.2 Å². The molecule has 0 spiro atoms. The van der Waals surface area contributed by atoms with Crippen LogP contribution in [-0.4, -0.2) is 59.2 Å². The average Bonchev–Trinajstić information content (AvgIpc) is 3.12. The molecule has 1 saturated heterocycles. The highest BCUT2D eigenvalue weighted by Crippen LogP contribution is 2.29. The number of benzene rings is 2. The van der Waals surface area contributed by atoms with Gasteiger partial charge in [0.2, 0.25) is 10.0 Å². The third-order valence-corrected chi connectivity index (χ3v) is 7.15. The number of sulfonamides is 1. The van der Waals surface area contributed by atoms with Crippen LogP contribution in [0.4, 0.5) is 0 Å². The molecular weight excluding hydrogens is 434 g/mol. The van der Waals surface area contributed by atoms with Crippen LogP contribution in [0.2, 0.25) is 0 Å². The van der Waals surface area contributed by atoms with Gasteiger partial charge in [-0.2, -0.15) is 4.31 Å². The summed E-state index contributed by atoms with van der Waals surface area (Å²) in [5.41, 5.74) is 0.142. The maximum absolute atomic E-state index is 13.2. The smallest absolute Gasteiger partial charge is 0.338 e. The van der Waals surface area contributed by atoms with Crippen LogP contribution in [0.15, 0.2) is 47.4 Å². The molecular formula is C23H29NO7S. The van der Waals surface area contributed by atoms with Gasteiger partial charge in [0.25, 0.3) is 0 Å². The first-order valence-corrected chi connectivity index (χ1v) is 12.0. The van der Waals surface area contributed by atoms with E-state index in [-0.39, 0.29) is 29.4 Å². The first-order chi connectivity index (χ1) is 15.5. The Kier molecular flexibility index (Phi) is 8.35. The van der Waals surface area contributed by atoms with Gasteiger partial charge in [-0.3, -0.25) is 0 Å². The molecule has 9 heteroatoms. The van der Waals surface area contributed by atoms with Crippen LogP contribution in [0.3, 0.4) is 0 Å². The molecule has 1 fully saturated rings. The van der Waals surface area contributed by atoms with Crippen LogP contribution in [-0.2, 0) is 14.8 Å². The summed E-state index contributed by atoms with van der Waals surface area (Å²) in [6, 6.07) is 11.3. The van der Waals surface area contributed by atoms with E-state index in [2.05, 4.69) is 0 Å². The van der Waals surface area contributed by atoms with Gasteiger partial charge in [-0.15, -0.1) is 0 Å². The first-order valence-electron chi connectivity index (χ1n) is 10.6. The maximum atomic E-state index is 13.2. The van der Waals surface area contributed by atoms with Crippen LogP contribution in [0, 0.1) is 0 Å². The molecule has 32 heavy (non-hydrogen) atoms. The van der Waals surface area contributed by atoms with Crippen molar-refractivity contribution < 1.29 is 32.2 Å². The third kappa shape index (κ3) is 5.92. The fraction of sp³-hybridized carbons (Fsp3) is 0.435. The van der Waals surface area contributed by atoms with Crippen LogP contribution in [0.5, 0.6) is 17.2 Å². The molecule has 0 amide bonds. The summed E-state index contributed by atoms with van der Waals surface area (Å²) < 4.78 is 49.1. The molecule has 0 saturated carbocycles. The monoisotopic (exact) mass is 463 g/mol. The fourth-order valence-electron chi connectivity index (χ4n) is 3.48. The Balaban J connectivity index is 1.64. The van der Waals surface area contributed by atoms with E-state index < -0.39 is 16.0 Å². The lowest BCUT2D eigenvalue weighted by Gasteiger charge is -2.21. The quantitative estimate of drug-likeness (QED) is 0.415. The highest BCUT2D eigenvalue weighted by Gasteiger charge is 2.29. The summed E-state index contributed by atoms with van der Waals surface area (Å²) >= 11 is 0. The Morgan fingerprint density at radius 1 is 0.875 bits per heavy atom. The molecule has 1 aliphatic rings. The lowest BCUT2D eigenvalue weighted by molar-refractivity contribution is 0.0450. The van der Waals surface area contributed by atoms with Crippen LogP contribution >= 0.6 is 0 Å². The highest BCUT2D eigenvalue weighted by molar-refractivity contribution is 7.89. The summed E-state index contributed by atoms with van der Waals surface area (Å²) in [6.45, 7) is 1.10. The number of hydrogen-bond donors (Lipinski definition) is 0. The molecule has 2 aromatic carbocycles. The largest absolute Gasteiger partial charge is 0.497 e. The zero-order valence-corrected chi connectivity index (χ0v) is 19.2. The Hall–Kier alpha value is -2.78. The summed E-state index contributed by atoms with van der Waals surface area (Å²) in [7, 11) is -0.795. The number of methoxy groups -OCH3 is 2. The zero-order valence-electron chi connectivity index (χ0n) is 18.4.